The fourth-order valence-corrected chi connectivity index (χ4v) is 2.98. The molecule has 0 radical (unpaired) electrons. The van der Waals surface area contributed by atoms with E-state index in [1.807, 2.05) is 11.8 Å². The minimum atomic E-state index is -0.0668. The zero-order chi connectivity index (χ0) is 15.1. The average molecular weight is 300 g/mol. The van der Waals surface area contributed by atoms with Crippen molar-refractivity contribution in [1.29, 1.82) is 0 Å². The lowest BCUT2D eigenvalue weighted by molar-refractivity contribution is 0.0729. The molecule has 1 N–H and O–H groups in total. The smallest absolute Gasteiger partial charge is 0.254 e. The maximum Gasteiger partial charge on any atom is 0.254 e. The number of aromatic nitrogens is 3. The Morgan fingerprint density at radius 2 is 2.23 bits per heavy atom. The van der Waals surface area contributed by atoms with Crippen molar-refractivity contribution in [2.75, 3.05) is 13.3 Å². The van der Waals surface area contributed by atoms with Crippen LogP contribution in [0, 0.1) is 6.92 Å². The number of nitrogens with one attached hydrogen (secondary N) is 1. The van der Waals surface area contributed by atoms with Crippen LogP contribution in [0.2, 0.25) is 0 Å². The van der Waals surface area contributed by atoms with Gasteiger partial charge in [-0.1, -0.05) is 0 Å². The predicted molar refractivity (Wildman–Crippen MR) is 76.7 cm³/mol. The van der Waals surface area contributed by atoms with Gasteiger partial charge in [-0.3, -0.25) is 9.89 Å². The fraction of sp³-hybridized carbons (Fsp3) is 0.400. The number of aryl methyl sites for hydroxylation is 1. The van der Waals surface area contributed by atoms with Gasteiger partial charge in [0.05, 0.1) is 6.04 Å². The molecular weight excluding hydrogens is 284 g/mol. The van der Waals surface area contributed by atoms with E-state index in [0.717, 1.165) is 18.7 Å². The number of hydrogen-bond acceptors (Lipinski definition) is 5. The Balaban J connectivity index is 1.61. The first-order chi connectivity index (χ1) is 10.7. The lowest BCUT2D eigenvalue weighted by Crippen LogP contribution is -2.31. The maximum atomic E-state index is 12.8. The highest BCUT2D eigenvalue weighted by molar-refractivity contribution is 5.95. The van der Waals surface area contributed by atoms with Crippen LogP contribution in [-0.2, 0) is 0 Å². The van der Waals surface area contributed by atoms with Crippen LogP contribution in [-0.4, -0.2) is 39.3 Å². The second-order valence-electron chi connectivity index (χ2n) is 5.50. The molecule has 1 aromatic heterocycles. The van der Waals surface area contributed by atoms with Gasteiger partial charge >= 0.3 is 0 Å². The number of carbonyl (C=O) groups is 1. The van der Waals surface area contributed by atoms with Gasteiger partial charge in [-0.25, -0.2) is 4.98 Å². The Morgan fingerprint density at radius 1 is 1.36 bits per heavy atom. The van der Waals surface area contributed by atoms with Gasteiger partial charge in [0, 0.05) is 12.1 Å². The van der Waals surface area contributed by atoms with E-state index in [2.05, 4.69) is 15.2 Å². The molecule has 114 valence electrons. The van der Waals surface area contributed by atoms with Crippen molar-refractivity contribution in [3.63, 3.8) is 0 Å². The van der Waals surface area contributed by atoms with Crippen LogP contribution in [0.15, 0.2) is 18.2 Å². The maximum absolute atomic E-state index is 12.8. The van der Waals surface area contributed by atoms with Crippen LogP contribution in [0.3, 0.4) is 0 Å². The van der Waals surface area contributed by atoms with Gasteiger partial charge in [-0.2, -0.15) is 5.10 Å². The highest BCUT2D eigenvalue weighted by Gasteiger charge is 2.33. The number of amides is 1. The molecule has 0 saturated carbocycles. The first kappa shape index (κ1) is 13.1. The van der Waals surface area contributed by atoms with Crippen LogP contribution in [0.5, 0.6) is 11.5 Å². The third-order valence-corrected chi connectivity index (χ3v) is 4.05. The summed E-state index contributed by atoms with van der Waals surface area (Å²) in [4.78, 5) is 19.0. The average Bonchev–Trinajstić information content (AvgIpc) is 3.25. The standard InChI is InChI=1S/C15H16N4O3/c1-9-16-14(18-17-9)11-3-2-6-19(11)15(20)10-4-5-12-13(7-10)22-8-21-12/h4-5,7,11H,2-3,6,8H2,1H3,(H,16,17,18)/t11-/m0/s1. The molecule has 0 unspecified atom stereocenters. The van der Waals surface area contributed by atoms with Crippen molar-refractivity contribution in [1.82, 2.24) is 20.1 Å². The Kier molecular flexibility index (Phi) is 2.99. The number of likely N-dealkylation sites (tertiary alicyclic amines) is 1. The van der Waals surface area contributed by atoms with E-state index in [-0.39, 0.29) is 18.7 Å². The predicted octanol–water partition coefficient (Wildman–Crippen LogP) is 1.82. The summed E-state index contributed by atoms with van der Waals surface area (Å²) >= 11 is 0. The molecule has 0 spiro atoms. The number of aromatic amines is 1. The first-order valence-electron chi connectivity index (χ1n) is 7.32. The molecule has 1 saturated heterocycles. The fourth-order valence-electron chi connectivity index (χ4n) is 2.98. The molecular formula is C15H16N4O3. The van der Waals surface area contributed by atoms with Crippen LogP contribution in [0.4, 0.5) is 0 Å². The largest absolute Gasteiger partial charge is 0.454 e. The molecule has 0 bridgehead atoms. The number of benzene rings is 1. The Labute approximate surface area is 127 Å². The number of H-pyrrole nitrogens is 1. The molecule has 3 heterocycles. The van der Waals surface area contributed by atoms with Gasteiger partial charge in [0.2, 0.25) is 6.79 Å². The van der Waals surface area contributed by atoms with Crippen LogP contribution in [0.1, 0.15) is 40.9 Å². The molecule has 1 fully saturated rings. The number of ether oxygens (including phenoxy) is 2. The summed E-state index contributed by atoms with van der Waals surface area (Å²) in [5.41, 5.74) is 0.600. The molecule has 1 aromatic carbocycles. The quantitative estimate of drug-likeness (QED) is 0.915. The minimum absolute atomic E-state index is 0.0248. The van der Waals surface area contributed by atoms with Crippen molar-refractivity contribution in [3.05, 3.63) is 35.4 Å². The highest BCUT2D eigenvalue weighted by Crippen LogP contribution is 2.35. The van der Waals surface area contributed by atoms with Crippen molar-refractivity contribution in [3.8, 4) is 11.5 Å². The van der Waals surface area contributed by atoms with E-state index in [1.54, 1.807) is 18.2 Å². The lowest BCUT2D eigenvalue weighted by atomic mass is 10.1. The van der Waals surface area contributed by atoms with Crippen LogP contribution < -0.4 is 9.47 Å². The number of nitrogens with zero attached hydrogens (tertiary/aromatic N) is 3. The van der Waals surface area contributed by atoms with E-state index >= 15 is 0 Å². The minimum Gasteiger partial charge on any atom is -0.454 e. The summed E-state index contributed by atoms with van der Waals surface area (Å²) in [7, 11) is 0. The molecule has 7 heteroatoms. The van der Waals surface area contributed by atoms with E-state index in [0.29, 0.717) is 29.4 Å². The molecule has 22 heavy (non-hydrogen) atoms. The molecule has 7 nitrogen and oxygen atoms in total. The molecule has 1 atom stereocenters. The van der Waals surface area contributed by atoms with Gasteiger partial charge in [0.25, 0.3) is 5.91 Å². The number of fused-ring (bicyclic) bond motifs is 1. The van der Waals surface area contributed by atoms with Gasteiger partial charge in [-0.15, -0.1) is 0 Å². The number of carbonyl (C=O) groups excluding carboxylic acids is 1. The van der Waals surface area contributed by atoms with E-state index in [4.69, 9.17) is 9.47 Å². The Bertz CT molecular complexity index is 727. The second kappa shape index (κ2) is 5.01. The topological polar surface area (TPSA) is 80.3 Å². The van der Waals surface area contributed by atoms with Gasteiger partial charge in [0.1, 0.15) is 5.82 Å². The molecule has 0 aliphatic carbocycles. The summed E-state index contributed by atoms with van der Waals surface area (Å²) in [6.07, 6.45) is 1.84. The summed E-state index contributed by atoms with van der Waals surface area (Å²) in [5, 5.41) is 7.05. The second-order valence-corrected chi connectivity index (χ2v) is 5.50. The van der Waals surface area contributed by atoms with E-state index < -0.39 is 0 Å². The normalized spacial score (nSPS) is 19.7. The van der Waals surface area contributed by atoms with Crippen molar-refractivity contribution < 1.29 is 14.3 Å². The number of hydrogen-bond donors (Lipinski definition) is 1. The molecule has 2 aliphatic heterocycles. The monoisotopic (exact) mass is 300 g/mol. The first-order valence-corrected chi connectivity index (χ1v) is 7.32. The van der Waals surface area contributed by atoms with Gasteiger partial charge in [0.15, 0.2) is 17.3 Å². The van der Waals surface area contributed by atoms with Crippen LogP contribution in [0.25, 0.3) is 0 Å². The third-order valence-electron chi connectivity index (χ3n) is 4.05. The zero-order valence-electron chi connectivity index (χ0n) is 12.2. The lowest BCUT2D eigenvalue weighted by Gasteiger charge is -2.22. The molecule has 2 aromatic rings. The third kappa shape index (κ3) is 2.09. The van der Waals surface area contributed by atoms with Crippen LogP contribution >= 0.6 is 0 Å². The van der Waals surface area contributed by atoms with Crippen molar-refractivity contribution in [2.24, 2.45) is 0 Å². The van der Waals surface area contributed by atoms with Crippen molar-refractivity contribution in [2.45, 2.75) is 25.8 Å². The Hall–Kier alpha value is -2.57. The number of rotatable bonds is 2. The van der Waals surface area contributed by atoms with Crippen molar-refractivity contribution >= 4 is 5.91 Å². The summed E-state index contributed by atoms with van der Waals surface area (Å²) in [6.45, 7) is 2.77. The summed E-state index contributed by atoms with van der Waals surface area (Å²) < 4.78 is 10.6. The Morgan fingerprint density at radius 3 is 3.05 bits per heavy atom. The summed E-state index contributed by atoms with van der Waals surface area (Å²) in [6, 6.07) is 5.22. The highest BCUT2D eigenvalue weighted by atomic mass is 16.7. The molecule has 2 aliphatic rings. The summed E-state index contributed by atoms with van der Waals surface area (Å²) in [5.74, 6) is 2.72. The van der Waals surface area contributed by atoms with E-state index in [9.17, 15) is 4.79 Å². The molecule has 1 amide bonds. The van der Waals surface area contributed by atoms with E-state index in [1.165, 1.54) is 0 Å². The van der Waals surface area contributed by atoms with Gasteiger partial charge in [-0.05, 0) is 38.0 Å². The van der Waals surface area contributed by atoms with Gasteiger partial charge < -0.3 is 14.4 Å². The zero-order valence-corrected chi connectivity index (χ0v) is 12.2. The SMILES string of the molecule is Cc1nc([C@@H]2CCCN2C(=O)c2ccc3c(c2)OCO3)n[nH]1. The molecule has 4 rings (SSSR count).